The summed E-state index contributed by atoms with van der Waals surface area (Å²) in [6.45, 7) is 7.87. The van der Waals surface area contributed by atoms with Gasteiger partial charge in [0, 0.05) is 28.3 Å². The highest BCUT2D eigenvalue weighted by Gasteiger charge is 2.26. The Morgan fingerprint density at radius 2 is 1.63 bits per heavy atom. The van der Waals surface area contributed by atoms with Crippen molar-refractivity contribution in [1.29, 1.82) is 0 Å². The van der Waals surface area contributed by atoms with E-state index in [1.54, 1.807) is 6.07 Å². The highest BCUT2D eigenvalue weighted by Crippen LogP contribution is 2.35. The number of allylic oxidation sites excluding steroid dienone is 2. The van der Waals surface area contributed by atoms with Crippen LogP contribution in [0.1, 0.15) is 22.5 Å². The number of aryl methyl sites for hydroxylation is 3. The van der Waals surface area contributed by atoms with Crippen LogP contribution in [0.3, 0.4) is 0 Å². The van der Waals surface area contributed by atoms with Crippen LogP contribution in [0, 0.1) is 26.7 Å². The van der Waals surface area contributed by atoms with Crippen molar-refractivity contribution in [1.82, 2.24) is 0 Å². The minimum absolute atomic E-state index is 0.318. The average molecular weight is 364 g/mol. The first kappa shape index (κ1) is 17.8. The second-order valence-electron chi connectivity index (χ2n) is 8.35. The zero-order valence-electron chi connectivity index (χ0n) is 16.6. The van der Waals surface area contributed by atoms with Crippen LogP contribution >= 0.6 is 0 Å². The summed E-state index contributed by atoms with van der Waals surface area (Å²) in [5.41, 5.74) is 4.20. The maximum atomic E-state index is 11.8. The third-order valence-corrected chi connectivity index (χ3v) is 5.55. The van der Waals surface area contributed by atoms with Crippen LogP contribution in [-0.2, 0) is 6.54 Å². The van der Waals surface area contributed by atoms with Crippen LogP contribution in [0.15, 0.2) is 50.1 Å². The van der Waals surface area contributed by atoms with Gasteiger partial charge in [-0.05, 0) is 32.4 Å². The van der Waals surface area contributed by atoms with Crippen molar-refractivity contribution in [3.63, 3.8) is 0 Å². The van der Waals surface area contributed by atoms with Crippen LogP contribution in [0.4, 0.5) is 0 Å². The third-order valence-electron chi connectivity index (χ3n) is 5.55. The molecule has 140 valence electrons. The molecule has 4 nitrogen and oxygen atoms in total. The highest BCUT2D eigenvalue weighted by molar-refractivity contribution is 5.99. The van der Waals surface area contributed by atoms with Gasteiger partial charge in [0.1, 0.15) is 23.5 Å². The van der Waals surface area contributed by atoms with E-state index in [9.17, 15) is 4.79 Å². The minimum atomic E-state index is -0.318. The molecule has 0 spiro atoms. The summed E-state index contributed by atoms with van der Waals surface area (Å²) in [6.07, 6.45) is 8.75. The summed E-state index contributed by atoms with van der Waals surface area (Å²) < 4.78 is 12.5. The lowest BCUT2D eigenvalue weighted by molar-refractivity contribution is -0.905. The molecule has 2 aromatic heterocycles. The Labute approximate surface area is 159 Å². The van der Waals surface area contributed by atoms with Gasteiger partial charge in [0.15, 0.2) is 0 Å². The van der Waals surface area contributed by atoms with Gasteiger partial charge in [-0.2, -0.15) is 0 Å². The number of rotatable bonds is 4. The molecule has 0 bridgehead atoms. The van der Waals surface area contributed by atoms with E-state index < -0.39 is 0 Å². The highest BCUT2D eigenvalue weighted by atomic mass is 16.4. The smallest absolute Gasteiger partial charge is 0.336 e. The largest absolute Gasteiger partial charge is 0.460 e. The fraction of sp³-hybridized carbons (Fsp3) is 0.348. The maximum Gasteiger partial charge on any atom is 0.336 e. The lowest BCUT2D eigenvalue weighted by atomic mass is 10.0. The van der Waals surface area contributed by atoms with Crippen molar-refractivity contribution in [3.05, 3.63) is 69.3 Å². The standard InChI is InChI=1S/C23H26NO3/c1-14-10-21(25)27-22-15(2)23-19(11-18(14)22)20(16(3)26-23)13-24(4,5)12-17-8-6-7-9-17/h6-11,17H,12-13H2,1-5H3/q+1. The number of benzene rings is 1. The predicted octanol–water partition coefficient (Wildman–Crippen LogP) is 4.78. The second kappa shape index (κ2) is 6.24. The summed E-state index contributed by atoms with van der Waals surface area (Å²) in [7, 11) is 4.52. The molecule has 4 rings (SSSR count). The molecule has 1 aliphatic rings. The van der Waals surface area contributed by atoms with Crippen molar-refractivity contribution in [2.45, 2.75) is 27.3 Å². The predicted molar refractivity (Wildman–Crippen MR) is 109 cm³/mol. The van der Waals surface area contributed by atoms with E-state index in [2.05, 4.69) is 44.5 Å². The number of hydrogen-bond donors (Lipinski definition) is 0. The average Bonchev–Trinajstić information content (AvgIpc) is 3.18. The zero-order valence-corrected chi connectivity index (χ0v) is 16.6. The number of quaternary nitrogens is 1. The molecule has 1 aliphatic carbocycles. The fourth-order valence-electron chi connectivity index (χ4n) is 4.21. The molecule has 0 saturated heterocycles. The zero-order chi connectivity index (χ0) is 19.3. The Morgan fingerprint density at radius 3 is 2.33 bits per heavy atom. The summed E-state index contributed by atoms with van der Waals surface area (Å²) >= 11 is 0. The molecular weight excluding hydrogens is 338 g/mol. The van der Waals surface area contributed by atoms with E-state index in [0.717, 1.165) is 50.8 Å². The van der Waals surface area contributed by atoms with Crippen molar-refractivity contribution in [2.75, 3.05) is 20.6 Å². The molecule has 0 atom stereocenters. The van der Waals surface area contributed by atoms with Crippen LogP contribution < -0.4 is 5.63 Å². The van der Waals surface area contributed by atoms with Crippen LogP contribution in [0.5, 0.6) is 0 Å². The first-order valence-corrected chi connectivity index (χ1v) is 9.38. The molecule has 0 unspecified atom stereocenters. The van der Waals surface area contributed by atoms with Crippen molar-refractivity contribution < 1.29 is 13.3 Å². The molecule has 2 heterocycles. The van der Waals surface area contributed by atoms with Crippen LogP contribution in [0.25, 0.3) is 21.9 Å². The van der Waals surface area contributed by atoms with Crippen LogP contribution in [0.2, 0.25) is 0 Å². The Morgan fingerprint density at radius 1 is 0.963 bits per heavy atom. The molecule has 4 heteroatoms. The molecule has 1 aromatic carbocycles. The molecule has 3 aromatic rings. The first-order valence-electron chi connectivity index (χ1n) is 9.38. The lowest BCUT2D eigenvalue weighted by Crippen LogP contribution is -2.42. The van der Waals surface area contributed by atoms with Gasteiger partial charge in [-0.3, -0.25) is 0 Å². The Bertz CT molecular complexity index is 1150. The monoisotopic (exact) mass is 364 g/mol. The summed E-state index contributed by atoms with van der Waals surface area (Å²) in [6, 6.07) is 3.68. The van der Waals surface area contributed by atoms with E-state index in [1.807, 2.05) is 20.8 Å². The normalized spacial score (nSPS) is 14.9. The SMILES string of the molecule is Cc1oc2c(C)c3oc(=O)cc(C)c3cc2c1C[N+](C)(C)CC1C=CC=C1. The molecule has 0 N–H and O–H groups in total. The quantitative estimate of drug-likeness (QED) is 0.494. The van der Waals surface area contributed by atoms with Gasteiger partial charge in [-0.1, -0.05) is 24.3 Å². The number of furan rings is 1. The number of fused-ring (bicyclic) bond motifs is 2. The van der Waals surface area contributed by atoms with Crippen LogP contribution in [-0.4, -0.2) is 25.1 Å². The topological polar surface area (TPSA) is 43.4 Å². The van der Waals surface area contributed by atoms with Crippen molar-refractivity contribution >= 4 is 21.9 Å². The summed E-state index contributed by atoms with van der Waals surface area (Å²) in [5.74, 6) is 1.42. The lowest BCUT2D eigenvalue weighted by Gasteiger charge is -2.31. The fourth-order valence-corrected chi connectivity index (χ4v) is 4.21. The van der Waals surface area contributed by atoms with E-state index in [1.165, 1.54) is 5.56 Å². The summed E-state index contributed by atoms with van der Waals surface area (Å²) in [5, 5.41) is 2.10. The maximum absolute atomic E-state index is 11.8. The molecule has 0 radical (unpaired) electrons. The Balaban J connectivity index is 1.83. The minimum Gasteiger partial charge on any atom is -0.460 e. The van der Waals surface area contributed by atoms with Gasteiger partial charge in [-0.15, -0.1) is 0 Å². The molecule has 27 heavy (non-hydrogen) atoms. The van der Waals surface area contributed by atoms with E-state index in [-0.39, 0.29) is 5.63 Å². The summed E-state index contributed by atoms with van der Waals surface area (Å²) in [4.78, 5) is 11.8. The molecular formula is C23H26NO3+. The Kier molecular flexibility index (Phi) is 4.11. The molecule has 0 fully saturated rings. The molecule has 0 amide bonds. The van der Waals surface area contributed by atoms with Gasteiger partial charge in [-0.25, -0.2) is 4.79 Å². The van der Waals surface area contributed by atoms with Gasteiger partial charge in [0.05, 0.1) is 26.2 Å². The van der Waals surface area contributed by atoms with Gasteiger partial charge in [0.25, 0.3) is 0 Å². The number of hydrogen-bond acceptors (Lipinski definition) is 3. The molecule has 0 saturated carbocycles. The number of nitrogens with zero attached hydrogens (tertiary/aromatic N) is 1. The van der Waals surface area contributed by atoms with Gasteiger partial charge in [0.2, 0.25) is 0 Å². The second-order valence-corrected chi connectivity index (χ2v) is 8.35. The van der Waals surface area contributed by atoms with Crippen molar-refractivity contribution in [3.8, 4) is 0 Å². The van der Waals surface area contributed by atoms with E-state index in [0.29, 0.717) is 11.5 Å². The third kappa shape index (κ3) is 3.15. The van der Waals surface area contributed by atoms with E-state index in [4.69, 9.17) is 8.83 Å². The van der Waals surface area contributed by atoms with Crippen molar-refractivity contribution in [2.24, 2.45) is 5.92 Å². The first-order chi connectivity index (χ1) is 12.7. The van der Waals surface area contributed by atoms with Gasteiger partial charge >= 0.3 is 5.63 Å². The molecule has 0 aliphatic heterocycles. The van der Waals surface area contributed by atoms with E-state index >= 15 is 0 Å². The van der Waals surface area contributed by atoms with Gasteiger partial charge < -0.3 is 13.3 Å². The Hall–Kier alpha value is -2.59.